The van der Waals surface area contributed by atoms with Crippen LogP contribution in [0.25, 0.3) is 0 Å². The summed E-state index contributed by atoms with van der Waals surface area (Å²) < 4.78 is 0. The molecule has 1 atom stereocenters. The molecule has 0 saturated heterocycles. The van der Waals surface area contributed by atoms with Gasteiger partial charge in [-0.15, -0.1) is 0 Å². The summed E-state index contributed by atoms with van der Waals surface area (Å²) in [5.74, 6) is -0.219. The topological polar surface area (TPSA) is 37.3 Å². The zero-order chi connectivity index (χ0) is 11.6. The molecule has 0 bridgehead atoms. The molecule has 82 valence electrons. The Morgan fingerprint density at radius 2 is 1.87 bits per heavy atom. The Bertz CT molecular complexity index is 367. The number of hydrogen-bond acceptors (Lipinski definition) is 2. The lowest BCUT2D eigenvalue weighted by Gasteiger charge is -2.15. The van der Waals surface area contributed by atoms with Crippen molar-refractivity contribution < 1.29 is 9.90 Å². The maximum absolute atomic E-state index is 11.9. The van der Waals surface area contributed by atoms with Gasteiger partial charge in [-0.1, -0.05) is 32.0 Å². The number of aliphatic hydroxyl groups excluding tert-OH is 1. The number of benzene rings is 1. The Morgan fingerprint density at radius 3 is 2.40 bits per heavy atom. The van der Waals surface area contributed by atoms with Crippen LogP contribution in [-0.2, 0) is 0 Å². The molecule has 2 nitrogen and oxygen atoms in total. The standard InChI is InChI=1S/C13H18O2/c1-8(2)12(14)13(15)11-7-5-6-9(3)10(11)4/h5-8,12,14H,1-4H3. The molecule has 0 aliphatic heterocycles. The van der Waals surface area contributed by atoms with Crippen LogP contribution in [0.15, 0.2) is 18.2 Å². The van der Waals surface area contributed by atoms with Crippen molar-refractivity contribution in [3.8, 4) is 0 Å². The maximum atomic E-state index is 11.9. The lowest BCUT2D eigenvalue weighted by Crippen LogP contribution is -2.26. The summed E-state index contributed by atoms with van der Waals surface area (Å²) in [6, 6.07) is 5.59. The summed E-state index contributed by atoms with van der Waals surface area (Å²) in [6.07, 6.45) is -0.898. The van der Waals surface area contributed by atoms with E-state index >= 15 is 0 Å². The van der Waals surface area contributed by atoms with Crippen LogP contribution in [0.5, 0.6) is 0 Å². The second-order valence-electron chi connectivity index (χ2n) is 4.30. The lowest BCUT2D eigenvalue weighted by atomic mass is 9.93. The molecule has 0 aliphatic carbocycles. The summed E-state index contributed by atoms with van der Waals surface area (Å²) in [5.41, 5.74) is 2.68. The summed E-state index contributed by atoms with van der Waals surface area (Å²) in [5, 5.41) is 9.71. The fraction of sp³-hybridized carbons (Fsp3) is 0.462. The van der Waals surface area contributed by atoms with Crippen molar-refractivity contribution in [2.45, 2.75) is 33.8 Å². The first-order valence-electron chi connectivity index (χ1n) is 5.23. The molecule has 0 saturated carbocycles. The second-order valence-corrected chi connectivity index (χ2v) is 4.30. The quantitative estimate of drug-likeness (QED) is 0.771. The minimum Gasteiger partial charge on any atom is -0.385 e. The van der Waals surface area contributed by atoms with E-state index in [4.69, 9.17) is 0 Å². The number of Topliss-reactive ketones (excluding diaryl/α,β-unsaturated/α-hetero) is 1. The fourth-order valence-corrected chi connectivity index (χ4v) is 1.48. The van der Waals surface area contributed by atoms with Crippen LogP contribution >= 0.6 is 0 Å². The van der Waals surface area contributed by atoms with E-state index in [-0.39, 0.29) is 11.7 Å². The molecule has 15 heavy (non-hydrogen) atoms. The molecule has 1 rings (SSSR count). The van der Waals surface area contributed by atoms with Gasteiger partial charge in [0.1, 0.15) is 6.10 Å². The average Bonchev–Trinajstić information content (AvgIpc) is 2.20. The van der Waals surface area contributed by atoms with Gasteiger partial charge in [-0.2, -0.15) is 0 Å². The number of rotatable bonds is 3. The predicted molar refractivity (Wildman–Crippen MR) is 61.1 cm³/mol. The first-order valence-corrected chi connectivity index (χ1v) is 5.23. The smallest absolute Gasteiger partial charge is 0.191 e. The largest absolute Gasteiger partial charge is 0.385 e. The molecular formula is C13H18O2. The minimum atomic E-state index is -0.898. The maximum Gasteiger partial charge on any atom is 0.191 e. The van der Waals surface area contributed by atoms with Gasteiger partial charge in [-0.05, 0) is 30.9 Å². The Hall–Kier alpha value is -1.15. The zero-order valence-electron chi connectivity index (χ0n) is 9.74. The molecule has 0 amide bonds. The molecule has 2 heteroatoms. The van der Waals surface area contributed by atoms with E-state index in [1.807, 2.05) is 39.8 Å². The minimum absolute atomic E-state index is 0.0441. The van der Waals surface area contributed by atoms with E-state index in [1.54, 1.807) is 6.07 Å². The van der Waals surface area contributed by atoms with Crippen molar-refractivity contribution in [1.29, 1.82) is 0 Å². The van der Waals surface area contributed by atoms with Gasteiger partial charge >= 0.3 is 0 Å². The van der Waals surface area contributed by atoms with Crippen LogP contribution in [0.2, 0.25) is 0 Å². The van der Waals surface area contributed by atoms with Gasteiger partial charge in [-0.25, -0.2) is 0 Å². The molecule has 0 fully saturated rings. The van der Waals surface area contributed by atoms with Gasteiger partial charge in [0, 0.05) is 5.56 Å². The number of carbonyl (C=O) groups is 1. The van der Waals surface area contributed by atoms with Crippen molar-refractivity contribution >= 4 is 5.78 Å². The van der Waals surface area contributed by atoms with Crippen LogP contribution in [-0.4, -0.2) is 17.0 Å². The van der Waals surface area contributed by atoms with E-state index in [9.17, 15) is 9.90 Å². The van der Waals surface area contributed by atoms with Gasteiger partial charge in [0.15, 0.2) is 5.78 Å². The average molecular weight is 206 g/mol. The third-order valence-corrected chi connectivity index (χ3v) is 2.77. The van der Waals surface area contributed by atoms with Gasteiger partial charge < -0.3 is 5.11 Å². The molecule has 1 unspecified atom stereocenters. The van der Waals surface area contributed by atoms with Gasteiger partial charge in [0.05, 0.1) is 0 Å². The van der Waals surface area contributed by atoms with E-state index in [2.05, 4.69) is 0 Å². The van der Waals surface area contributed by atoms with E-state index in [0.29, 0.717) is 5.56 Å². The number of carbonyl (C=O) groups excluding carboxylic acids is 1. The van der Waals surface area contributed by atoms with Crippen LogP contribution in [0, 0.1) is 19.8 Å². The normalized spacial score (nSPS) is 12.9. The number of aliphatic hydroxyl groups is 1. The van der Waals surface area contributed by atoms with Gasteiger partial charge in [-0.3, -0.25) is 4.79 Å². The highest BCUT2D eigenvalue weighted by Gasteiger charge is 2.21. The Labute approximate surface area is 90.9 Å². The number of hydrogen-bond donors (Lipinski definition) is 1. The molecule has 0 radical (unpaired) electrons. The summed E-state index contributed by atoms with van der Waals surface area (Å²) in [4.78, 5) is 11.9. The monoisotopic (exact) mass is 206 g/mol. The molecule has 1 N–H and O–H groups in total. The van der Waals surface area contributed by atoms with Crippen molar-refractivity contribution in [3.05, 3.63) is 34.9 Å². The van der Waals surface area contributed by atoms with Crippen LogP contribution in [0.4, 0.5) is 0 Å². The van der Waals surface area contributed by atoms with E-state index < -0.39 is 6.10 Å². The van der Waals surface area contributed by atoms with Crippen molar-refractivity contribution in [2.24, 2.45) is 5.92 Å². The third-order valence-electron chi connectivity index (χ3n) is 2.77. The predicted octanol–water partition coefficient (Wildman–Crippen LogP) is 2.50. The lowest BCUT2D eigenvalue weighted by molar-refractivity contribution is 0.0647. The van der Waals surface area contributed by atoms with E-state index in [1.165, 1.54) is 0 Å². The summed E-state index contributed by atoms with van der Waals surface area (Å²) in [6.45, 7) is 7.56. The molecule has 0 aromatic heterocycles. The highest BCUT2D eigenvalue weighted by molar-refractivity contribution is 6.00. The Kier molecular flexibility index (Phi) is 3.64. The highest BCUT2D eigenvalue weighted by Crippen LogP contribution is 2.17. The molecular weight excluding hydrogens is 188 g/mol. The van der Waals surface area contributed by atoms with Crippen molar-refractivity contribution in [1.82, 2.24) is 0 Å². The van der Waals surface area contributed by atoms with E-state index in [0.717, 1.165) is 11.1 Å². The van der Waals surface area contributed by atoms with Crippen LogP contribution in [0.3, 0.4) is 0 Å². The molecule has 0 spiro atoms. The van der Waals surface area contributed by atoms with Gasteiger partial charge in [0.25, 0.3) is 0 Å². The first-order chi connectivity index (χ1) is 6.95. The second kappa shape index (κ2) is 4.58. The zero-order valence-corrected chi connectivity index (χ0v) is 9.74. The molecule has 0 aliphatic rings. The Morgan fingerprint density at radius 1 is 1.27 bits per heavy atom. The highest BCUT2D eigenvalue weighted by atomic mass is 16.3. The third kappa shape index (κ3) is 2.45. The molecule has 1 aromatic rings. The van der Waals surface area contributed by atoms with Crippen LogP contribution < -0.4 is 0 Å². The molecule has 0 heterocycles. The fourth-order valence-electron chi connectivity index (χ4n) is 1.48. The molecule has 1 aromatic carbocycles. The SMILES string of the molecule is Cc1cccc(C(=O)C(O)C(C)C)c1C. The summed E-state index contributed by atoms with van der Waals surface area (Å²) >= 11 is 0. The van der Waals surface area contributed by atoms with Crippen LogP contribution in [0.1, 0.15) is 35.3 Å². The first kappa shape index (κ1) is 11.9. The van der Waals surface area contributed by atoms with Gasteiger partial charge in [0.2, 0.25) is 0 Å². The summed E-state index contributed by atoms with van der Waals surface area (Å²) in [7, 11) is 0. The Balaban J connectivity index is 3.07. The van der Waals surface area contributed by atoms with Crippen molar-refractivity contribution in [2.75, 3.05) is 0 Å². The number of ketones is 1. The van der Waals surface area contributed by atoms with Crippen molar-refractivity contribution in [3.63, 3.8) is 0 Å². The number of aryl methyl sites for hydroxylation is 1.